The van der Waals surface area contributed by atoms with E-state index in [2.05, 4.69) is 10.6 Å². The standard InChI is InChI=1S/C18H24N2O6S2/c1-11-13(17(23)19-15(11)21)3-5-25-7-9-27-28-10-8-26-6-4-14-12(2)16(22)20-18(14)24/h3-10H2,1-2H3,(H,19,21,23)(H,20,22,24). The molecule has 0 spiro atoms. The van der Waals surface area contributed by atoms with E-state index in [-0.39, 0.29) is 23.6 Å². The smallest absolute Gasteiger partial charge is 0.254 e. The number of amides is 4. The van der Waals surface area contributed by atoms with Crippen LogP contribution in [0.2, 0.25) is 0 Å². The number of hydrogen-bond donors (Lipinski definition) is 2. The number of ether oxygens (including phenoxy) is 2. The second kappa shape index (κ2) is 11.4. The summed E-state index contributed by atoms with van der Waals surface area (Å²) in [4.78, 5) is 45.7. The van der Waals surface area contributed by atoms with E-state index in [1.807, 2.05) is 0 Å². The Labute approximate surface area is 171 Å². The van der Waals surface area contributed by atoms with Crippen molar-refractivity contribution in [1.82, 2.24) is 10.6 Å². The van der Waals surface area contributed by atoms with Crippen LogP contribution in [0.5, 0.6) is 0 Å². The van der Waals surface area contributed by atoms with E-state index in [1.54, 1.807) is 35.4 Å². The maximum atomic E-state index is 11.5. The molecule has 8 nitrogen and oxygen atoms in total. The topological polar surface area (TPSA) is 111 Å². The normalized spacial score (nSPS) is 17.1. The van der Waals surface area contributed by atoms with Gasteiger partial charge in [0.05, 0.1) is 26.4 Å². The molecule has 4 amide bonds. The van der Waals surface area contributed by atoms with Crippen molar-refractivity contribution >= 4 is 45.2 Å². The molecule has 2 rings (SSSR count). The summed E-state index contributed by atoms with van der Waals surface area (Å²) in [5.41, 5.74) is 1.97. The molecule has 0 radical (unpaired) electrons. The summed E-state index contributed by atoms with van der Waals surface area (Å²) in [5.74, 6) is 0.344. The SMILES string of the molecule is CC1=C(CCOCCSSCCOCCC2=C(C)C(=O)NC2=O)C(=O)NC1=O. The van der Waals surface area contributed by atoms with Gasteiger partial charge in [-0.2, -0.15) is 0 Å². The largest absolute Gasteiger partial charge is 0.380 e. The lowest BCUT2D eigenvalue weighted by Gasteiger charge is -2.06. The Morgan fingerprint density at radius 3 is 1.36 bits per heavy atom. The van der Waals surface area contributed by atoms with Gasteiger partial charge in [0.2, 0.25) is 0 Å². The molecule has 0 unspecified atom stereocenters. The molecule has 28 heavy (non-hydrogen) atoms. The monoisotopic (exact) mass is 428 g/mol. The lowest BCUT2D eigenvalue weighted by Crippen LogP contribution is -2.23. The first-order valence-electron chi connectivity index (χ1n) is 8.92. The zero-order valence-electron chi connectivity index (χ0n) is 15.9. The van der Waals surface area contributed by atoms with Crippen LogP contribution in [0.25, 0.3) is 0 Å². The first kappa shape index (κ1) is 22.7. The Hall–Kier alpha value is -1.62. The molecule has 0 aliphatic carbocycles. The van der Waals surface area contributed by atoms with Crippen molar-refractivity contribution in [2.45, 2.75) is 26.7 Å². The van der Waals surface area contributed by atoms with Crippen molar-refractivity contribution in [3.63, 3.8) is 0 Å². The average molecular weight is 429 g/mol. The van der Waals surface area contributed by atoms with Crippen LogP contribution >= 0.6 is 21.6 Å². The molecule has 0 fully saturated rings. The quantitative estimate of drug-likeness (QED) is 0.255. The summed E-state index contributed by atoms with van der Waals surface area (Å²) in [5, 5.41) is 4.53. The minimum Gasteiger partial charge on any atom is -0.380 e. The van der Waals surface area contributed by atoms with E-state index in [1.165, 1.54) is 0 Å². The molecule has 0 saturated carbocycles. The highest BCUT2D eigenvalue weighted by molar-refractivity contribution is 8.76. The summed E-state index contributed by atoms with van der Waals surface area (Å²) in [7, 11) is 3.34. The van der Waals surface area contributed by atoms with Crippen LogP contribution in [0.15, 0.2) is 22.3 Å². The molecule has 2 heterocycles. The number of hydrogen-bond acceptors (Lipinski definition) is 8. The Morgan fingerprint density at radius 1 is 0.643 bits per heavy atom. The summed E-state index contributed by atoms with van der Waals surface area (Å²) < 4.78 is 11.0. The summed E-state index contributed by atoms with van der Waals surface area (Å²) in [6.07, 6.45) is 0.878. The zero-order valence-corrected chi connectivity index (χ0v) is 17.6. The van der Waals surface area contributed by atoms with E-state index in [4.69, 9.17) is 9.47 Å². The Kier molecular flexibility index (Phi) is 9.23. The van der Waals surface area contributed by atoms with Gasteiger partial charge in [-0.15, -0.1) is 0 Å². The van der Waals surface area contributed by atoms with Crippen LogP contribution in [-0.4, -0.2) is 61.6 Å². The lowest BCUT2D eigenvalue weighted by molar-refractivity contribution is -0.125. The second-order valence-corrected chi connectivity index (χ2v) is 8.84. The molecule has 0 bridgehead atoms. The minimum atomic E-state index is -0.318. The fourth-order valence-electron chi connectivity index (χ4n) is 2.62. The maximum absolute atomic E-state index is 11.5. The first-order valence-corrected chi connectivity index (χ1v) is 11.4. The van der Waals surface area contributed by atoms with Crippen molar-refractivity contribution < 1.29 is 28.7 Å². The summed E-state index contributed by atoms with van der Waals surface area (Å²) >= 11 is 0. The highest BCUT2D eigenvalue weighted by Gasteiger charge is 2.26. The van der Waals surface area contributed by atoms with Gasteiger partial charge in [-0.05, 0) is 13.8 Å². The van der Waals surface area contributed by atoms with Gasteiger partial charge in [0.15, 0.2) is 0 Å². The van der Waals surface area contributed by atoms with Crippen LogP contribution in [0.1, 0.15) is 26.7 Å². The van der Waals surface area contributed by atoms with E-state index >= 15 is 0 Å². The highest BCUT2D eigenvalue weighted by Crippen LogP contribution is 2.21. The van der Waals surface area contributed by atoms with E-state index in [0.29, 0.717) is 61.6 Å². The van der Waals surface area contributed by atoms with Gasteiger partial charge in [-0.1, -0.05) is 21.6 Å². The van der Waals surface area contributed by atoms with Crippen LogP contribution in [0.4, 0.5) is 0 Å². The third-order valence-electron chi connectivity index (χ3n) is 4.29. The van der Waals surface area contributed by atoms with Gasteiger partial charge in [0.25, 0.3) is 23.6 Å². The van der Waals surface area contributed by atoms with Crippen LogP contribution < -0.4 is 10.6 Å². The van der Waals surface area contributed by atoms with E-state index in [9.17, 15) is 19.2 Å². The van der Waals surface area contributed by atoms with Crippen molar-refractivity contribution in [2.24, 2.45) is 0 Å². The van der Waals surface area contributed by atoms with E-state index in [0.717, 1.165) is 11.5 Å². The fraction of sp³-hybridized carbons (Fsp3) is 0.556. The van der Waals surface area contributed by atoms with Gasteiger partial charge in [-0.25, -0.2) is 0 Å². The van der Waals surface area contributed by atoms with Crippen LogP contribution in [-0.2, 0) is 28.7 Å². The molecule has 2 aliphatic heterocycles. The molecular formula is C18H24N2O6S2. The highest BCUT2D eigenvalue weighted by atomic mass is 33.1. The maximum Gasteiger partial charge on any atom is 0.254 e. The summed E-state index contributed by atoms with van der Waals surface area (Å²) in [6.45, 7) is 5.24. The third-order valence-corrected chi connectivity index (χ3v) is 6.62. The minimum absolute atomic E-state index is 0.317. The zero-order chi connectivity index (χ0) is 20.5. The molecular weight excluding hydrogens is 404 g/mol. The molecule has 2 aliphatic rings. The van der Waals surface area contributed by atoms with Gasteiger partial charge in [0.1, 0.15) is 0 Å². The fourth-order valence-corrected chi connectivity index (χ4v) is 4.34. The third kappa shape index (κ3) is 6.47. The van der Waals surface area contributed by atoms with Crippen LogP contribution in [0, 0.1) is 0 Å². The van der Waals surface area contributed by atoms with Crippen molar-refractivity contribution in [2.75, 3.05) is 37.9 Å². The Bertz CT molecular complexity index is 657. The summed E-state index contributed by atoms with van der Waals surface area (Å²) in [6, 6.07) is 0. The van der Waals surface area contributed by atoms with Crippen molar-refractivity contribution in [3.05, 3.63) is 22.3 Å². The number of rotatable bonds is 13. The molecule has 154 valence electrons. The van der Waals surface area contributed by atoms with Crippen LogP contribution in [0.3, 0.4) is 0 Å². The van der Waals surface area contributed by atoms with Gasteiger partial charge in [-0.3, -0.25) is 29.8 Å². The molecule has 2 N–H and O–H groups in total. The Balaban J connectivity index is 1.41. The van der Waals surface area contributed by atoms with Gasteiger partial charge in [0, 0.05) is 46.6 Å². The molecule has 0 saturated heterocycles. The Morgan fingerprint density at radius 2 is 1.04 bits per heavy atom. The second-order valence-electron chi connectivity index (χ2n) is 6.14. The van der Waals surface area contributed by atoms with E-state index < -0.39 is 0 Å². The molecule has 0 aromatic heterocycles. The van der Waals surface area contributed by atoms with Crippen molar-refractivity contribution in [3.8, 4) is 0 Å². The molecule has 10 heteroatoms. The molecule has 0 atom stereocenters. The average Bonchev–Trinajstić information content (AvgIpc) is 3.04. The number of nitrogens with one attached hydrogen (secondary N) is 2. The molecule has 0 aromatic carbocycles. The first-order chi connectivity index (χ1) is 13.4. The van der Waals surface area contributed by atoms with Gasteiger partial charge >= 0.3 is 0 Å². The van der Waals surface area contributed by atoms with Gasteiger partial charge < -0.3 is 9.47 Å². The number of imide groups is 2. The lowest BCUT2D eigenvalue weighted by atomic mass is 10.1. The number of carbonyl (C=O) groups excluding carboxylic acids is 4. The number of carbonyl (C=O) groups is 4. The predicted octanol–water partition coefficient (Wildman–Crippen LogP) is 1.13. The predicted molar refractivity (Wildman–Crippen MR) is 107 cm³/mol. The van der Waals surface area contributed by atoms with Crippen molar-refractivity contribution in [1.29, 1.82) is 0 Å². The molecule has 0 aromatic rings.